The molecule has 3 aromatic rings. The predicted molar refractivity (Wildman–Crippen MR) is 165 cm³/mol. The van der Waals surface area contributed by atoms with E-state index in [0.717, 1.165) is 36.6 Å². The van der Waals surface area contributed by atoms with Crippen molar-refractivity contribution in [3.63, 3.8) is 0 Å². The summed E-state index contributed by atoms with van der Waals surface area (Å²) in [6.45, 7) is 8.01. The summed E-state index contributed by atoms with van der Waals surface area (Å²) in [6.07, 6.45) is 4.72. The zero-order valence-electron chi connectivity index (χ0n) is 25.4. The van der Waals surface area contributed by atoms with Gasteiger partial charge in [-0.05, 0) is 83.2 Å². The topological polar surface area (TPSA) is 115 Å². The zero-order chi connectivity index (χ0) is 30.8. The summed E-state index contributed by atoms with van der Waals surface area (Å²) in [4.78, 5) is 22.9. The van der Waals surface area contributed by atoms with Crippen LogP contribution in [0.3, 0.4) is 0 Å². The molecule has 1 saturated carbocycles. The maximum Gasteiger partial charge on any atom is 0.410 e. The number of aromatic nitrogens is 2. The first-order valence-corrected chi connectivity index (χ1v) is 16.5. The van der Waals surface area contributed by atoms with Crippen molar-refractivity contribution in [2.24, 2.45) is 4.36 Å². The van der Waals surface area contributed by atoms with Gasteiger partial charge < -0.3 is 24.4 Å². The Hall–Kier alpha value is -3.51. The Morgan fingerprint density at radius 3 is 2.44 bits per heavy atom. The Balaban J connectivity index is 1.35. The van der Waals surface area contributed by atoms with Gasteiger partial charge in [-0.1, -0.05) is 0 Å². The van der Waals surface area contributed by atoms with Crippen LogP contribution < -0.4 is 10.1 Å². The number of nitrogens with one attached hydrogen (secondary N) is 1. The van der Waals surface area contributed by atoms with E-state index in [-0.39, 0.29) is 29.5 Å². The number of fused-ring (bicyclic) bond motifs is 1. The van der Waals surface area contributed by atoms with Crippen LogP contribution in [0.15, 0.2) is 41.0 Å². The Morgan fingerprint density at radius 1 is 1.07 bits per heavy atom. The van der Waals surface area contributed by atoms with Crippen molar-refractivity contribution in [2.75, 3.05) is 37.0 Å². The van der Waals surface area contributed by atoms with E-state index < -0.39 is 21.4 Å². The lowest BCUT2D eigenvalue weighted by atomic mass is 9.95. The standard InChI is InChI=1S/C31H40FN5O5S/c1-20-16-22(36-43(39)14-12-37(13-15-43)30(38)42-31(2,3)4)18-26-28(20)29(34-19-33-26)35-25-11-6-21(32)17-27(25)41-24-9-7-23(40-5)8-10-24/h6,11,16-19,23-24H,7-10,12-15H2,1-5H3,(H,33,34,35)/t23-,24-. The molecule has 10 nitrogen and oxygen atoms in total. The molecule has 232 valence electrons. The van der Waals surface area contributed by atoms with E-state index in [1.807, 2.05) is 33.8 Å². The molecule has 1 aliphatic heterocycles. The highest BCUT2D eigenvalue weighted by Gasteiger charge is 2.28. The molecule has 2 fully saturated rings. The Labute approximate surface area is 252 Å². The SMILES string of the molecule is CO[C@H]1CC[C@H](Oc2cc(F)ccc2Nc2ncnc3cc(N=S4(=O)CCN(C(=O)OC(C)(C)C)CC4)cc(C)c23)CC1. The third kappa shape index (κ3) is 7.72. The molecule has 0 atom stereocenters. The number of benzene rings is 2. The average molecular weight is 614 g/mol. The fraction of sp³-hybridized carbons (Fsp3) is 0.516. The summed E-state index contributed by atoms with van der Waals surface area (Å²) in [7, 11) is -0.845. The van der Waals surface area contributed by atoms with E-state index in [0.29, 0.717) is 41.5 Å². The highest BCUT2D eigenvalue weighted by molar-refractivity contribution is 7.93. The number of aryl methyl sites for hydroxylation is 1. The number of methoxy groups -OCH3 is 1. The second-order valence-electron chi connectivity index (χ2n) is 12.1. The van der Waals surface area contributed by atoms with Gasteiger partial charge in [0, 0.05) is 43.2 Å². The zero-order valence-corrected chi connectivity index (χ0v) is 26.2. The normalized spacial score (nSPS) is 20.5. The van der Waals surface area contributed by atoms with E-state index in [1.165, 1.54) is 18.5 Å². The summed E-state index contributed by atoms with van der Waals surface area (Å²) in [5.41, 5.74) is 2.04. The molecule has 0 spiro atoms. The predicted octanol–water partition coefficient (Wildman–Crippen LogP) is 6.51. The van der Waals surface area contributed by atoms with Gasteiger partial charge in [0.15, 0.2) is 0 Å². The van der Waals surface area contributed by atoms with E-state index in [2.05, 4.69) is 19.6 Å². The van der Waals surface area contributed by atoms with E-state index in [9.17, 15) is 13.4 Å². The van der Waals surface area contributed by atoms with Crippen LogP contribution in [0.2, 0.25) is 0 Å². The monoisotopic (exact) mass is 613 g/mol. The summed E-state index contributed by atoms with van der Waals surface area (Å²) in [5.74, 6) is 1.11. The average Bonchev–Trinajstić information content (AvgIpc) is 2.94. The summed E-state index contributed by atoms with van der Waals surface area (Å²) < 4.78 is 49.7. The van der Waals surface area contributed by atoms with Crippen molar-refractivity contribution in [1.29, 1.82) is 0 Å². The molecule has 0 radical (unpaired) electrons. The molecule has 1 aliphatic carbocycles. The van der Waals surface area contributed by atoms with Gasteiger partial charge in [-0.25, -0.2) is 23.4 Å². The van der Waals surface area contributed by atoms with Crippen LogP contribution in [-0.4, -0.2) is 74.7 Å². The molecule has 2 heterocycles. The Bertz CT molecular complexity index is 1600. The van der Waals surface area contributed by atoms with Crippen LogP contribution in [-0.2, 0) is 19.2 Å². The molecular formula is C31H40FN5O5S. The van der Waals surface area contributed by atoms with Crippen molar-refractivity contribution in [1.82, 2.24) is 14.9 Å². The number of hydrogen-bond donors (Lipinski definition) is 1. The molecule has 5 rings (SSSR count). The Kier molecular flexibility index (Phi) is 9.07. The molecule has 0 bridgehead atoms. The molecule has 1 amide bonds. The van der Waals surface area contributed by atoms with Crippen LogP contribution in [0.1, 0.15) is 52.0 Å². The second-order valence-corrected chi connectivity index (χ2v) is 14.7. The van der Waals surface area contributed by atoms with Gasteiger partial charge in [-0.2, -0.15) is 4.36 Å². The van der Waals surface area contributed by atoms with Gasteiger partial charge in [0.1, 0.15) is 29.3 Å². The first-order chi connectivity index (χ1) is 20.4. The van der Waals surface area contributed by atoms with Crippen LogP contribution in [0, 0.1) is 12.7 Å². The smallest absolute Gasteiger partial charge is 0.410 e. The number of halogens is 1. The van der Waals surface area contributed by atoms with Crippen molar-refractivity contribution in [3.8, 4) is 5.75 Å². The summed E-state index contributed by atoms with van der Waals surface area (Å²) >= 11 is 0. The summed E-state index contributed by atoms with van der Waals surface area (Å²) in [6, 6.07) is 8.07. The Morgan fingerprint density at radius 2 is 1.77 bits per heavy atom. The number of anilines is 2. The number of carbonyl (C=O) groups is 1. The lowest BCUT2D eigenvalue weighted by molar-refractivity contribution is 0.0268. The second kappa shape index (κ2) is 12.6. The minimum atomic E-state index is -2.57. The maximum atomic E-state index is 14.3. The fourth-order valence-corrected chi connectivity index (χ4v) is 7.31. The quantitative estimate of drug-likeness (QED) is 0.335. The number of ether oxygens (including phenoxy) is 3. The largest absolute Gasteiger partial charge is 0.488 e. The summed E-state index contributed by atoms with van der Waals surface area (Å²) in [5, 5.41) is 4.10. The van der Waals surface area contributed by atoms with E-state index in [1.54, 1.807) is 24.1 Å². The molecule has 2 aromatic carbocycles. The number of hydrogen-bond acceptors (Lipinski definition) is 9. The molecule has 0 unspecified atom stereocenters. The molecule has 12 heteroatoms. The van der Waals surface area contributed by atoms with Crippen LogP contribution in [0.4, 0.5) is 26.4 Å². The lowest BCUT2D eigenvalue weighted by Crippen LogP contribution is -2.45. The number of amides is 1. The van der Waals surface area contributed by atoms with Crippen molar-refractivity contribution < 1.29 is 27.6 Å². The molecular weight excluding hydrogens is 573 g/mol. The fourth-order valence-electron chi connectivity index (χ4n) is 5.42. The minimum Gasteiger partial charge on any atom is -0.488 e. The van der Waals surface area contributed by atoms with Crippen molar-refractivity contribution >= 4 is 43.9 Å². The lowest BCUT2D eigenvalue weighted by Gasteiger charge is -2.31. The highest BCUT2D eigenvalue weighted by Crippen LogP contribution is 2.36. The van der Waals surface area contributed by atoms with Gasteiger partial charge in [0.2, 0.25) is 0 Å². The van der Waals surface area contributed by atoms with Crippen LogP contribution in [0.5, 0.6) is 5.75 Å². The first kappa shape index (κ1) is 30.9. The van der Waals surface area contributed by atoms with Crippen LogP contribution in [0.25, 0.3) is 10.9 Å². The van der Waals surface area contributed by atoms with Crippen molar-refractivity contribution in [3.05, 3.63) is 48.0 Å². The number of carbonyl (C=O) groups excluding carboxylic acids is 1. The van der Waals surface area contributed by atoms with Crippen molar-refractivity contribution in [2.45, 2.75) is 71.2 Å². The van der Waals surface area contributed by atoms with Gasteiger partial charge >= 0.3 is 6.09 Å². The minimum absolute atomic E-state index is 0.0280. The first-order valence-electron chi connectivity index (χ1n) is 14.6. The molecule has 1 N–H and O–H groups in total. The molecule has 1 aromatic heterocycles. The molecule has 1 saturated heterocycles. The van der Waals surface area contributed by atoms with Crippen LogP contribution >= 0.6 is 0 Å². The number of rotatable bonds is 6. The third-order valence-corrected chi connectivity index (χ3v) is 9.83. The highest BCUT2D eigenvalue weighted by atomic mass is 32.2. The number of nitrogens with zero attached hydrogens (tertiary/aromatic N) is 4. The van der Waals surface area contributed by atoms with Gasteiger partial charge in [-0.3, -0.25) is 0 Å². The third-order valence-electron chi connectivity index (χ3n) is 7.65. The maximum absolute atomic E-state index is 14.3. The van der Waals surface area contributed by atoms with Gasteiger partial charge in [-0.15, -0.1) is 0 Å². The molecule has 43 heavy (non-hydrogen) atoms. The van der Waals surface area contributed by atoms with Gasteiger partial charge in [0.05, 0.1) is 38.8 Å². The van der Waals surface area contributed by atoms with E-state index >= 15 is 0 Å². The molecule has 2 aliphatic rings. The van der Waals surface area contributed by atoms with Gasteiger partial charge in [0.25, 0.3) is 0 Å². The van der Waals surface area contributed by atoms with E-state index in [4.69, 9.17) is 14.2 Å².